The van der Waals surface area contributed by atoms with Gasteiger partial charge in [0.05, 0.1) is 30.0 Å². The van der Waals surface area contributed by atoms with Gasteiger partial charge in [-0.15, -0.1) is 6.58 Å². The summed E-state index contributed by atoms with van der Waals surface area (Å²) in [6, 6.07) is 21.8. The lowest BCUT2D eigenvalue weighted by atomic mass is 9.73. The zero-order valence-corrected chi connectivity index (χ0v) is 27.9. The van der Waals surface area contributed by atoms with E-state index >= 15 is 0 Å². The Bertz CT molecular complexity index is 1580. The number of allylic oxidation sites excluding steroid dienone is 1. The molecule has 0 amide bonds. The number of unbranched alkanes of at least 4 members (excludes halogenated alkanes) is 3. The Morgan fingerprint density at radius 1 is 0.891 bits per heavy atom. The van der Waals surface area contributed by atoms with E-state index in [9.17, 15) is 9.59 Å². The van der Waals surface area contributed by atoms with Crippen LogP contribution in [0, 0.1) is 0 Å². The molecule has 46 heavy (non-hydrogen) atoms. The molecule has 1 aliphatic carbocycles. The van der Waals surface area contributed by atoms with Gasteiger partial charge in [0, 0.05) is 24.1 Å². The van der Waals surface area contributed by atoms with E-state index in [1.807, 2.05) is 44.2 Å². The first-order valence-corrected chi connectivity index (χ1v) is 16.9. The molecular weight excluding hydrogens is 572 g/mol. The van der Waals surface area contributed by atoms with Crippen LogP contribution < -0.4 is 0 Å². The van der Waals surface area contributed by atoms with Crippen LogP contribution in [-0.4, -0.2) is 54.2 Å². The number of rotatable bonds is 14. The zero-order valence-electron chi connectivity index (χ0n) is 27.9. The number of carbonyl (C=O) groups is 2. The smallest absolute Gasteiger partial charge is 0.365 e. The summed E-state index contributed by atoms with van der Waals surface area (Å²) in [6.07, 6.45) is 8.53. The fourth-order valence-electron chi connectivity index (χ4n) is 7.19. The van der Waals surface area contributed by atoms with E-state index in [4.69, 9.17) is 9.57 Å². The van der Waals surface area contributed by atoms with Gasteiger partial charge in [0.1, 0.15) is 0 Å². The average Bonchev–Trinajstić information content (AvgIpc) is 3.38. The van der Waals surface area contributed by atoms with Crippen LogP contribution in [0.15, 0.2) is 84.5 Å². The largest absolute Gasteiger partial charge is 0.379 e. The highest BCUT2D eigenvalue weighted by molar-refractivity contribution is 6.05. The molecule has 0 unspecified atom stereocenters. The second-order valence-electron chi connectivity index (χ2n) is 13.0. The van der Waals surface area contributed by atoms with Crippen molar-refractivity contribution in [3.05, 3.63) is 107 Å². The summed E-state index contributed by atoms with van der Waals surface area (Å²) in [6.45, 7) is 15.2. The van der Waals surface area contributed by atoms with E-state index in [-0.39, 0.29) is 11.2 Å². The molecule has 5 rings (SSSR count). The highest BCUT2D eigenvalue weighted by Crippen LogP contribution is 2.53. The highest BCUT2D eigenvalue weighted by atomic mass is 16.7. The molecule has 1 heterocycles. The standard InChI is InChI=1S/C40H48N2O4/c1-6-9-10-11-15-18-36(41-46-38(44)29-16-13-12-14-17-29)30-19-21-34-32(27-30)33-28-31(20-22-35(33)40(34,7-2)8-3)37(43)39(4,5)42-23-25-45-26-24-42/h6,12-14,16-17,19-22,27-28H,1,7-11,15,18,23-26H2,2-5H3/b41-36+. The van der Waals surface area contributed by atoms with Crippen molar-refractivity contribution in [2.24, 2.45) is 5.16 Å². The normalized spacial score (nSPS) is 16.0. The van der Waals surface area contributed by atoms with E-state index in [0.717, 1.165) is 79.6 Å². The minimum Gasteiger partial charge on any atom is -0.379 e. The lowest BCUT2D eigenvalue weighted by Crippen LogP contribution is -2.54. The van der Waals surface area contributed by atoms with Gasteiger partial charge >= 0.3 is 5.97 Å². The van der Waals surface area contributed by atoms with E-state index in [1.54, 1.807) is 12.1 Å². The molecule has 0 radical (unpaired) electrons. The number of fused-ring (bicyclic) bond motifs is 3. The number of benzene rings is 3. The molecule has 0 bridgehead atoms. The molecule has 1 fully saturated rings. The van der Waals surface area contributed by atoms with Crippen molar-refractivity contribution in [2.45, 2.75) is 83.6 Å². The lowest BCUT2D eigenvalue weighted by molar-refractivity contribution is -0.00430. The Kier molecular flexibility index (Phi) is 10.7. The van der Waals surface area contributed by atoms with Crippen LogP contribution in [0.4, 0.5) is 0 Å². The van der Waals surface area contributed by atoms with Gasteiger partial charge in [-0.05, 0) is 104 Å². The van der Waals surface area contributed by atoms with Gasteiger partial charge in [0.25, 0.3) is 0 Å². The molecule has 0 saturated carbocycles. The molecule has 0 spiro atoms. The Labute approximate surface area is 274 Å². The van der Waals surface area contributed by atoms with Crippen LogP contribution in [0.5, 0.6) is 0 Å². The predicted octanol–water partition coefficient (Wildman–Crippen LogP) is 8.76. The Morgan fingerprint density at radius 3 is 2.15 bits per heavy atom. The molecule has 3 aromatic rings. The van der Waals surface area contributed by atoms with Crippen molar-refractivity contribution in [3.8, 4) is 11.1 Å². The molecule has 6 heteroatoms. The number of oxime groups is 1. The monoisotopic (exact) mass is 620 g/mol. The summed E-state index contributed by atoms with van der Waals surface area (Å²) < 4.78 is 5.56. The molecular formula is C40H48N2O4. The van der Waals surface area contributed by atoms with Gasteiger partial charge in [-0.1, -0.05) is 74.0 Å². The number of morpholine rings is 1. The van der Waals surface area contributed by atoms with Crippen molar-refractivity contribution in [1.29, 1.82) is 0 Å². The summed E-state index contributed by atoms with van der Waals surface area (Å²) in [5, 5.41) is 4.45. The van der Waals surface area contributed by atoms with E-state index in [0.29, 0.717) is 25.2 Å². The second kappa shape index (κ2) is 14.7. The number of ketones is 1. The minimum absolute atomic E-state index is 0.120. The average molecular weight is 621 g/mol. The highest BCUT2D eigenvalue weighted by Gasteiger charge is 2.42. The minimum atomic E-state index is -0.637. The van der Waals surface area contributed by atoms with Crippen molar-refractivity contribution < 1.29 is 19.2 Å². The van der Waals surface area contributed by atoms with Crippen molar-refractivity contribution in [1.82, 2.24) is 4.90 Å². The molecule has 1 saturated heterocycles. The summed E-state index contributed by atoms with van der Waals surface area (Å²) in [7, 11) is 0. The Hall–Kier alpha value is -3.87. The van der Waals surface area contributed by atoms with Crippen LogP contribution in [0.3, 0.4) is 0 Å². The van der Waals surface area contributed by atoms with Gasteiger partial charge in [-0.2, -0.15) is 0 Å². The molecule has 0 N–H and O–H groups in total. The molecule has 242 valence electrons. The molecule has 2 aliphatic rings. The SMILES string of the molecule is C=CCCCCC/C(=N\OC(=O)c1ccccc1)c1ccc2c(c1)-c1cc(C(=O)C(C)(C)N3CCOCC3)ccc1C2(CC)CC. The predicted molar refractivity (Wildman–Crippen MR) is 186 cm³/mol. The maximum absolute atomic E-state index is 14.1. The van der Waals surface area contributed by atoms with Gasteiger partial charge < -0.3 is 9.57 Å². The topological polar surface area (TPSA) is 68.2 Å². The lowest BCUT2D eigenvalue weighted by Gasteiger charge is -2.39. The quantitative estimate of drug-likeness (QED) is 0.0450. The van der Waals surface area contributed by atoms with E-state index in [1.165, 1.54) is 11.1 Å². The number of hydrogen-bond acceptors (Lipinski definition) is 6. The second-order valence-corrected chi connectivity index (χ2v) is 13.0. The molecule has 0 atom stereocenters. The zero-order chi connectivity index (χ0) is 32.7. The fourth-order valence-corrected chi connectivity index (χ4v) is 7.19. The van der Waals surface area contributed by atoms with Gasteiger partial charge in [0.2, 0.25) is 0 Å². The number of hydrogen-bond donors (Lipinski definition) is 0. The maximum atomic E-state index is 14.1. The van der Waals surface area contributed by atoms with Crippen molar-refractivity contribution in [3.63, 3.8) is 0 Å². The first-order chi connectivity index (χ1) is 22.3. The number of carbonyl (C=O) groups excluding carboxylic acids is 2. The van der Waals surface area contributed by atoms with Gasteiger partial charge in [-0.3, -0.25) is 9.69 Å². The third kappa shape index (κ3) is 6.65. The van der Waals surface area contributed by atoms with Crippen LogP contribution in [0.1, 0.15) is 110 Å². The van der Waals surface area contributed by atoms with Gasteiger partial charge in [-0.25, -0.2) is 4.79 Å². The van der Waals surface area contributed by atoms with E-state index in [2.05, 4.69) is 60.8 Å². The summed E-state index contributed by atoms with van der Waals surface area (Å²) in [4.78, 5) is 34.6. The molecule has 1 aliphatic heterocycles. The summed E-state index contributed by atoms with van der Waals surface area (Å²) in [5.41, 5.74) is 6.88. The van der Waals surface area contributed by atoms with E-state index < -0.39 is 11.5 Å². The third-order valence-corrected chi connectivity index (χ3v) is 10.1. The van der Waals surface area contributed by atoms with Crippen LogP contribution in [-0.2, 0) is 15.0 Å². The number of Topliss-reactive ketones (excluding diaryl/α,β-unsaturated/α-hetero) is 1. The summed E-state index contributed by atoms with van der Waals surface area (Å²) in [5.74, 6) is -0.353. The number of ether oxygens (including phenoxy) is 1. The van der Waals surface area contributed by atoms with Crippen LogP contribution >= 0.6 is 0 Å². The van der Waals surface area contributed by atoms with Gasteiger partial charge in [0.15, 0.2) is 5.78 Å². The fraction of sp³-hybridized carbons (Fsp3) is 0.425. The first-order valence-electron chi connectivity index (χ1n) is 16.9. The maximum Gasteiger partial charge on any atom is 0.365 e. The third-order valence-electron chi connectivity index (χ3n) is 10.1. The molecule has 0 aromatic heterocycles. The Morgan fingerprint density at radius 2 is 1.52 bits per heavy atom. The van der Waals surface area contributed by atoms with Crippen molar-refractivity contribution in [2.75, 3.05) is 26.3 Å². The van der Waals surface area contributed by atoms with Crippen LogP contribution in [0.2, 0.25) is 0 Å². The Balaban J connectivity index is 1.53. The number of nitrogens with zero attached hydrogens (tertiary/aromatic N) is 2. The first kappa shape index (κ1) is 33.5. The molecule has 6 nitrogen and oxygen atoms in total. The molecule has 3 aromatic carbocycles. The van der Waals surface area contributed by atoms with Crippen LogP contribution in [0.25, 0.3) is 11.1 Å². The summed E-state index contributed by atoms with van der Waals surface area (Å²) >= 11 is 0. The van der Waals surface area contributed by atoms with Crippen molar-refractivity contribution >= 4 is 17.5 Å².